The van der Waals surface area contributed by atoms with Crippen molar-refractivity contribution in [1.82, 2.24) is 10.6 Å². The molecule has 0 unspecified atom stereocenters. The summed E-state index contributed by atoms with van der Waals surface area (Å²) >= 11 is 0. The molecule has 0 bridgehead atoms. The van der Waals surface area contributed by atoms with Crippen molar-refractivity contribution < 1.29 is 19.1 Å². The quantitative estimate of drug-likeness (QED) is 0.738. The van der Waals surface area contributed by atoms with Crippen molar-refractivity contribution in [2.24, 2.45) is 0 Å². The van der Waals surface area contributed by atoms with Gasteiger partial charge in [0.05, 0.1) is 13.2 Å². The third-order valence-electron chi connectivity index (χ3n) is 2.10. The summed E-state index contributed by atoms with van der Waals surface area (Å²) in [5, 5.41) is 4.69. The Hall–Kier alpha value is -1.82. The van der Waals surface area contributed by atoms with Gasteiger partial charge in [-0.15, -0.1) is 0 Å². The Morgan fingerprint density at radius 1 is 1.27 bits per heavy atom. The number of carbonyl (C=O) groups is 2. The molecule has 22 heavy (non-hydrogen) atoms. The van der Waals surface area contributed by atoms with E-state index in [1.54, 1.807) is 27.9 Å². The standard InChI is InChI=1S/C8H16N2O3.C8H14O/c1-8(2,3)13-7(12)10-5-6(11)9-4;1-4-5-8(2)6-7-9-3/h5H2,1-4H3,(H,9,11)(H,10,12);4-5H,2,6-7H2,1,3H3/b;5-4+. The van der Waals surface area contributed by atoms with Crippen LogP contribution in [0.5, 0.6) is 0 Å². The molecule has 0 aliphatic carbocycles. The highest BCUT2D eigenvalue weighted by Crippen LogP contribution is 2.05. The van der Waals surface area contributed by atoms with Gasteiger partial charge in [0, 0.05) is 14.2 Å². The molecule has 2 N–H and O–H groups in total. The van der Waals surface area contributed by atoms with Crippen LogP contribution >= 0.6 is 0 Å². The normalized spacial score (nSPS) is 10.5. The van der Waals surface area contributed by atoms with Crippen molar-refractivity contribution in [3.8, 4) is 0 Å². The molecule has 0 fully saturated rings. The highest BCUT2D eigenvalue weighted by atomic mass is 16.6. The number of likely N-dealkylation sites (N-methyl/N-ethyl adjacent to an activating group) is 1. The molecule has 2 amide bonds. The maximum atomic E-state index is 11.0. The van der Waals surface area contributed by atoms with Crippen LogP contribution in [0.25, 0.3) is 0 Å². The third kappa shape index (κ3) is 18.2. The Balaban J connectivity index is 0. The molecule has 0 saturated heterocycles. The van der Waals surface area contributed by atoms with Crippen molar-refractivity contribution in [2.45, 2.75) is 39.7 Å². The predicted octanol–water partition coefficient (Wildman–Crippen LogP) is 2.41. The fourth-order valence-corrected chi connectivity index (χ4v) is 1.11. The average molecular weight is 314 g/mol. The molecular formula is C16H30N2O4. The topological polar surface area (TPSA) is 76.7 Å². The zero-order valence-electron chi connectivity index (χ0n) is 14.6. The van der Waals surface area contributed by atoms with Gasteiger partial charge in [0.1, 0.15) is 5.60 Å². The van der Waals surface area contributed by atoms with Crippen LogP contribution in [-0.4, -0.2) is 44.9 Å². The van der Waals surface area contributed by atoms with Gasteiger partial charge in [-0.05, 0) is 34.1 Å². The molecule has 0 aliphatic rings. The molecule has 0 aromatic carbocycles. The second-order valence-corrected chi connectivity index (χ2v) is 5.43. The molecule has 0 aromatic heterocycles. The second kappa shape index (κ2) is 12.9. The molecule has 0 heterocycles. The molecule has 0 atom stereocenters. The number of methoxy groups -OCH3 is 1. The molecule has 0 saturated carbocycles. The zero-order chi connectivity index (χ0) is 17.6. The molecule has 0 radical (unpaired) electrons. The minimum absolute atomic E-state index is 0.0641. The molecule has 0 spiro atoms. The Morgan fingerprint density at radius 2 is 1.86 bits per heavy atom. The van der Waals surface area contributed by atoms with Gasteiger partial charge in [-0.25, -0.2) is 4.79 Å². The lowest BCUT2D eigenvalue weighted by atomic mass is 10.2. The van der Waals surface area contributed by atoms with Gasteiger partial charge in [-0.2, -0.15) is 0 Å². The Labute approximate surface area is 133 Å². The van der Waals surface area contributed by atoms with E-state index in [2.05, 4.69) is 17.2 Å². The Kier molecular flexibility index (Phi) is 13.2. The van der Waals surface area contributed by atoms with Crippen molar-refractivity contribution in [3.05, 3.63) is 24.3 Å². The molecule has 0 aliphatic heterocycles. The summed E-state index contributed by atoms with van der Waals surface area (Å²) in [5.74, 6) is -0.258. The first-order valence-corrected chi connectivity index (χ1v) is 7.13. The maximum Gasteiger partial charge on any atom is 0.408 e. The van der Waals surface area contributed by atoms with Crippen molar-refractivity contribution in [3.63, 3.8) is 0 Å². The van der Waals surface area contributed by atoms with E-state index < -0.39 is 11.7 Å². The van der Waals surface area contributed by atoms with Gasteiger partial charge in [0.2, 0.25) is 5.91 Å². The number of allylic oxidation sites excluding steroid dienone is 2. The third-order valence-corrected chi connectivity index (χ3v) is 2.10. The van der Waals surface area contributed by atoms with Gasteiger partial charge in [0.15, 0.2) is 0 Å². The van der Waals surface area contributed by atoms with Crippen LogP contribution in [0.3, 0.4) is 0 Å². The molecule has 6 heteroatoms. The summed E-state index contributed by atoms with van der Waals surface area (Å²) in [6.07, 6.45) is 4.33. The smallest absolute Gasteiger partial charge is 0.408 e. The van der Waals surface area contributed by atoms with Crippen molar-refractivity contribution in [2.75, 3.05) is 27.3 Å². The zero-order valence-corrected chi connectivity index (χ0v) is 14.6. The highest BCUT2D eigenvalue weighted by molar-refractivity contribution is 5.81. The molecular weight excluding hydrogens is 284 g/mol. The Bertz CT molecular complexity index is 371. The number of hydrogen-bond acceptors (Lipinski definition) is 4. The monoisotopic (exact) mass is 314 g/mol. The van der Waals surface area contributed by atoms with Crippen LogP contribution in [0.4, 0.5) is 4.79 Å². The number of carbonyl (C=O) groups excluding carboxylic acids is 2. The first kappa shape index (κ1) is 22.5. The summed E-state index contributed by atoms with van der Waals surface area (Å²) in [6, 6.07) is 0. The number of nitrogens with one attached hydrogen (secondary N) is 2. The molecule has 0 rings (SSSR count). The second-order valence-electron chi connectivity index (χ2n) is 5.43. The van der Waals surface area contributed by atoms with Gasteiger partial charge < -0.3 is 20.1 Å². The summed E-state index contributed by atoms with van der Waals surface area (Å²) in [4.78, 5) is 21.7. The fourth-order valence-electron chi connectivity index (χ4n) is 1.11. The van der Waals surface area contributed by atoms with Gasteiger partial charge in [-0.1, -0.05) is 24.3 Å². The van der Waals surface area contributed by atoms with E-state index in [1.165, 1.54) is 7.05 Å². The van der Waals surface area contributed by atoms with Crippen molar-refractivity contribution >= 4 is 12.0 Å². The van der Waals surface area contributed by atoms with E-state index in [4.69, 9.17) is 9.47 Å². The minimum Gasteiger partial charge on any atom is -0.444 e. The molecule has 128 valence electrons. The van der Waals surface area contributed by atoms with Crippen LogP contribution in [0.1, 0.15) is 34.1 Å². The predicted molar refractivity (Wildman–Crippen MR) is 88.8 cm³/mol. The minimum atomic E-state index is -0.587. The van der Waals surface area contributed by atoms with E-state index in [9.17, 15) is 9.59 Å². The van der Waals surface area contributed by atoms with Gasteiger partial charge in [0.25, 0.3) is 0 Å². The number of alkyl carbamates (subject to hydrolysis) is 1. The molecule has 0 aromatic rings. The lowest BCUT2D eigenvalue weighted by Gasteiger charge is -2.19. The lowest BCUT2D eigenvalue weighted by Crippen LogP contribution is -2.38. The van der Waals surface area contributed by atoms with E-state index in [0.717, 1.165) is 18.6 Å². The van der Waals surface area contributed by atoms with E-state index in [1.807, 2.05) is 19.1 Å². The van der Waals surface area contributed by atoms with Gasteiger partial charge >= 0.3 is 6.09 Å². The fraction of sp³-hybridized carbons (Fsp3) is 0.625. The number of ether oxygens (including phenoxy) is 2. The van der Waals surface area contributed by atoms with Gasteiger partial charge in [-0.3, -0.25) is 4.79 Å². The van der Waals surface area contributed by atoms with Crippen LogP contribution in [0, 0.1) is 0 Å². The average Bonchev–Trinajstić information content (AvgIpc) is 2.41. The summed E-state index contributed by atoms with van der Waals surface area (Å²) in [6.45, 7) is 11.8. The molecule has 6 nitrogen and oxygen atoms in total. The van der Waals surface area contributed by atoms with E-state index in [-0.39, 0.29) is 12.5 Å². The van der Waals surface area contributed by atoms with Crippen LogP contribution in [-0.2, 0) is 14.3 Å². The number of rotatable bonds is 6. The maximum absolute atomic E-state index is 11.0. The van der Waals surface area contributed by atoms with Crippen LogP contribution in [0.2, 0.25) is 0 Å². The van der Waals surface area contributed by atoms with Crippen LogP contribution < -0.4 is 10.6 Å². The Morgan fingerprint density at radius 3 is 2.27 bits per heavy atom. The van der Waals surface area contributed by atoms with Crippen molar-refractivity contribution in [1.29, 1.82) is 0 Å². The first-order chi connectivity index (χ1) is 10.2. The summed E-state index contributed by atoms with van der Waals surface area (Å²) in [5.41, 5.74) is 0.589. The largest absolute Gasteiger partial charge is 0.444 e. The van der Waals surface area contributed by atoms with E-state index in [0.29, 0.717) is 0 Å². The first-order valence-electron chi connectivity index (χ1n) is 7.13. The highest BCUT2D eigenvalue weighted by Gasteiger charge is 2.16. The number of hydrogen-bond donors (Lipinski definition) is 2. The summed E-state index contributed by atoms with van der Waals surface area (Å²) < 4.78 is 9.77. The van der Waals surface area contributed by atoms with Crippen LogP contribution in [0.15, 0.2) is 24.3 Å². The SMILES string of the molecule is C=C(/C=C/C)CCOC.CNC(=O)CNC(=O)OC(C)(C)C. The number of amides is 2. The lowest BCUT2D eigenvalue weighted by molar-refractivity contribution is -0.119. The van der Waals surface area contributed by atoms with E-state index >= 15 is 0 Å². The summed E-state index contributed by atoms with van der Waals surface area (Å²) in [7, 11) is 3.20.